The molecule has 0 aromatic carbocycles. The molecule has 1 aliphatic rings. The molecule has 1 aliphatic heterocycles. The van der Waals surface area contributed by atoms with Gasteiger partial charge < -0.3 is 10.6 Å². The Labute approximate surface area is 90.5 Å². The molecule has 0 saturated carbocycles. The largest absolute Gasteiger partial charge is 0.383 e. The van der Waals surface area contributed by atoms with Crippen molar-refractivity contribution in [3.8, 4) is 0 Å². The van der Waals surface area contributed by atoms with Crippen LogP contribution in [0.3, 0.4) is 0 Å². The third-order valence-corrected chi connectivity index (χ3v) is 3.05. The zero-order chi connectivity index (χ0) is 10.8. The van der Waals surface area contributed by atoms with Crippen LogP contribution in [0.25, 0.3) is 0 Å². The maximum Gasteiger partial charge on any atom is 0.227 e. The lowest BCUT2D eigenvalue weighted by molar-refractivity contribution is 0.568. The number of nitrogens with zero attached hydrogens (tertiary/aromatic N) is 3. The van der Waals surface area contributed by atoms with Gasteiger partial charge in [-0.05, 0) is 33.1 Å². The lowest BCUT2D eigenvalue weighted by atomic mass is 10.1. The number of nitrogens with two attached hydrogens (primary N) is 1. The molecule has 1 aromatic rings. The van der Waals surface area contributed by atoms with Crippen molar-refractivity contribution in [2.75, 3.05) is 23.7 Å². The third-order valence-electron chi connectivity index (χ3n) is 3.05. The Kier molecular flexibility index (Phi) is 2.75. The molecule has 0 amide bonds. The summed E-state index contributed by atoms with van der Waals surface area (Å²) < 4.78 is 0. The van der Waals surface area contributed by atoms with E-state index in [2.05, 4.69) is 14.9 Å². The molecule has 2 heterocycles. The van der Waals surface area contributed by atoms with Gasteiger partial charge in [-0.2, -0.15) is 4.98 Å². The standard InChI is InChI=1S/C11H18N4/c1-8-9(2)13-11(14-10(8)12)15-6-4-3-5-7-15/h3-7H2,1-2H3,(H2,12,13,14). The Balaban J connectivity index is 2.27. The highest BCUT2D eigenvalue weighted by Crippen LogP contribution is 2.19. The molecule has 0 bridgehead atoms. The van der Waals surface area contributed by atoms with Gasteiger partial charge in [-0.3, -0.25) is 0 Å². The van der Waals surface area contributed by atoms with Crippen molar-refractivity contribution >= 4 is 11.8 Å². The monoisotopic (exact) mass is 206 g/mol. The van der Waals surface area contributed by atoms with E-state index in [-0.39, 0.29) is 0 Å². The topological polar surface area (TPSA) is 55.0 Å². The highest BCUT2D eigenvalue weighted by molar-refractivity contribution is 5.47. The highest BCUT2D eigenvalue weighted by atomic mass is 15.3. The van der Waals surface area contributed by atoms with Gasteiger partial charge in [0.25, 0.3) is 0 Å². The fourth-order valence-electron chi connectivity index (χ4n) is 1.87. The van der Waals surface area contributed by atoms with Gasteiger partial charge in [-0.1, -0.05) is 0 Å². The van der Waals surface area contributed by atoms with E-state index in [9.17, 15) is 0 Å². The smallest absolute Gasteiger partial charge is 0.227 e. The van der Waals surface area contributed by atoms with E-state index in [4.69, 9.17) is 5.73 Å². The van der Waals surface area contributed by atoms with Gasteiger partial charge in [-0.15, -0.1) is 0 Å². The summed E-state index contributed by atoms with van der Waals surface area (Å²) in [5.41, 5.74) is 7.84. The minimum absolute atomic E-state index is 0.614. The Bertz CT molecular complexity index is 333. The summed E-state index contributed by atoms with van der Waals surface area (Å²) >= 11 is 0. The number of aryl methyl sites for hydroxylation is 1. The molecule has 0 unspecified atom stereocenters. The molecule has 4 nitrogen and oxygen atoms in total. The van der Waals surface area contributed by atoms with Gasteiger partial charge >= 0.3 is 0 Å². The number of hydrogen-bond donors (Lipinski definition) is 1. The Morgan fingerprint density at radius 2 is 1.73 bits per heavy atom. The predicted molar refractivity (Wildman–Crippen MR) is 62.0 cm³/mol. The fraction of sp³-hybridized carbons (Fsp3) is 0.636. The number of piperidine rings is 1. The molecule has 1 saturated heterocycles. The zero-order valence-corrected chi connectivity index (χ0v) is 9.45. The summed E-state index contributed by atoms with van der Waals surface area (Å²) in [5, 5.41) is 0. The molecule has 1 fully saturated rings. The van der Waals surface area contributed by atoms with Crippen molar-refractivity contribution in [3.05, 3.63) is 11.3 Å². The van der Waals surface area contributed by atoms with E-state index < -0.39 is 0 Å². The second-order valence-electron chi connectivity index (χ2n) is 4.17. The highest BCUT2D eigenvalue weighted by Gasteiger charge is 2.15. The molecule has 0 aliphatic carbocycles. The minimum Gasteiger partial charge on any atom is -0.383 e. The molecule has 82 valence electrons. The summed E-state index contributed by atoms with van der Waals surface area (Å²) in [6, 6.07) is 0. The maximum atomic E-state index is 5.85. The second kappa shape index (κ2) is 4.04. The molecule has 0 spiro atoms. The minimum atomic E-state index is 0.614. The van der Waals surface area contributed by atoms with Gasteiger partial charge in [0.05, 0.1) is 0 Å². The van der Waals surface area contributed by atoms with Crippen molar-refractivity contribution < 1.29 is 0 Å². The number of aromatic nitrogens is 2. The maximum absolute atomic E-state index is 5.85. The van der Waals surface area contributed by atoms with E-state index in [0.717, 1.165) is 30.3 Å². The van der Waals surface area contributed by atoms with Crippen LogP contribution in [0.15, 0.2) is 0 Å². The SMILES string of the molecule is Cc1nc(N2CCCCC2)nc(N)c1C. The number of rotatable bonds is 1. The Hall–Kier alpha value is -1.32. The quantitative estimate of drug-likeness (QED) is 0.759. The Morgan fingerprint density at radius 3 is 2.33 bits per heavy atom. The molecule has 0 atom stereocenters. The van der Waals surface area contributed by atoms with Crippen molar-refractivity contribution in [2.45, 2.75) is 33.1 Å². The van der Waals surface area contributed by atoms with Gasteiger partial charge in [0.15, 0.2) is 0 Å². The van der Waals surface area contributed by atoms with E-state index in [0.29, 0.717) is 5.82 Å². The first-order chi connectivity index (χ1) is 7.18. The van der Waals surface area contributed by atoms with Crippen LogP contribution in [-0.2, 0) is 0 Å². The molecule has 2 rings (SSSR count). The van der Waals surface area contributed by atoms with E-state index in [1.165, 1.54) is 19.3 Å². The van der Waals surface area contributed by atoms with Crippen LogP contribution >= 0.6 is 0 Å². The predicted octanol–water partition coefficient (Wildman–Crippen LogP) is 1.67. The Morgan fingerprint density at radius 1 is 1.07 bits per heavy atom. The first-order valence-electron chi connectivity index (χ1n) is 5.54. The molecule has 4 heteroatoms. The van der Waals surface area contributed by atoms with Crippen molar-refractivity contribution in [2.24, 2.45) is 0 Å². The van der Waals surface area contributed by atoms with Gasteiger partial charge in [0.2, 0.25) is 5.95 Å². The molecule has 0 radical (unpaired) electrons. The first-order valence-corrected chi connectivity index (χ1v) is 5.54. The summed E-state index contributed by atoms with van der Waals surface area (Å²) in [6.45, 7) is 6.06. The van der Waals surface area contributed by atoms with Crippen molar-refractivity contribution in [1.82, 2.24) is 9.97 Å². The second-order valence-corrected chi connectivity index (χ2v) is 4.17. The summed E-state index contributed by atoms with van der Waals surface area (Å²) in [7, 11) is 0. The van der Waals surface area contributed by atoms with Crippen LogP contribution in [0.1, 0.15) is 30.5 Å². The zero-order valence-electron chi connectivity index (χ0n) is 9.45. The summed E-state index contributed by atoms with van der Waals surface area (Å²) in [5.74, 6) is 1.42. The molecule has 2 N–H and O–H groups in total. The van der Waals surface area contributed by atoms with Gasteiger partial charge in [0, 0.05) is 24.3 Å². The lowest BCUT2D eigenvalue weighted by Crippen LogP contribution is -2.31. The van der Waals surface area contributed by atoms with E-state index in [1.807, 2.05) is 13.8 Å². The molecular weight excluding hydrogens is 188 g/mol. The van der Waals surface area contributed by atoms with Crippen LogP contribution < -0.4 is 10.6 Å². The van der Waals surface area contributed by atoms with Crippen LogP contribution in [0.5, 0.6) is 0 Å². The lowest BCUT2D eigenvalue weighted by Gasteiger charge is -2.27. The number of anilines is 2. The van der Waals surface area contributed by atoms with Gasteiger partial charge in [-0.25, -0.2) is 4.98 Å². The van der Waals surface area contributed by atoms with Crippen LogP contribution in [0.4, 0.5) is 11.8 Å². The van der Waals surface area contributed by atoms with Crippen LogP contribution in [-0.4, -0.2) is 23.1 Å². The van der Waals surface area contributed by atoms with E-state index >= 15 is 0 Å². The normalized spacial score (nSPS) is 16.8. The van der Waals surface area contributed by atoms with Crippen molar-refractivity contribution in [3.63, 3.8) is 0 Å². The number of hydrogen-bond acceptors (Lipinski definition) is 4. The third kappa shape index (κ3) is 2.03. The summed E-state index contributed by atoms with van der Waals surface area (Å²) in [6.07, 6.45) is 3.78. The van der Waals surface area contributed by atoms with Crippen LogP contribution in [0, 0.1) is 13.8 Å². The van der Waals surface area contributed by atoms with Crippen LogP contribution in [0.2, 0.25) is 0 Å². The first kappa shape index (κ1) is 10.2. The fourth-order valence-corrected chi connectivity index (χ4v) is 1.87. The molecule has 1 aromatic heterocycles. The average Bonchev–Trinajstić information content (AvgIpc) is 2.26. The number of nitrogen functional groups attached to an aromatic ring is 1. The van der Waals surface area contributed by atoms with E-state index in [1.54, 1.807) is 0 Å². The molecule has 15 heavy (non-hydrogen) atoms. The van der Waals surface area contributed by atoms with Crippen molar-refractivity contribution in [1.29, 1.82) is 0 Å². The molecular formula is C11H18N4. The summed E-state index contributed by atoms with van der Waals surface area (Å²) in [4.78, 5) is 11.1. The van der Waals surface area contributed by atoms with Gasteiger partial charge in [0.1, 0.15) is 5.82 Å². The average molecular weight is 206 g/mol.